The number of hydrogen-bond acceptors (Lipinski definition) is 3. The second kappa shape index (κ2) is 19.7. The molecule has 0 amide bonds. The predicted molar refractivity (Wildman–Crippen MR) is 142 cm³/mol. The Bertz CT molecular complexity index is 718. The Kier molecular flexibility index (Phi) is 18.1. The van der Waals surface area contributed by atoms with Crippen LogP contribution in [0.1, 0.15) is 102 Å². The zero-order chi connectivity index (χ0) is 22.9. The van der Waals surface area contributed by atoms with E-state index in [0.29, 0.717) is 11.5 Å². The first-order chi connectivity index (χ1) is 15.7. The molecule has 0 unspecified atom stereocenters. The molecule has 5 heteroatoms. The minimum atomic E-state index is -2.27. The molecule has 0 saturated heterocycles. The Morgan fingerprint density at radius 1 is 0.576 bits per heavy atom. The fourth-order valence-corrected chi connectivity index (χ4v) is 4.68. The van der Waals surface area contributed by atoms with Crippen molar-refractivity contribution < 1.29 is 13.6 Å². The Hall–Kier alpha value is -0.600. The molecule has 0 aliphatic rings. The van der Waals surface area contributed by atoms with Gasteiger partial charge in [-0.05, 0) is 37.8 Å². The van der Waals surface area contributed by atoms with Crippen LogP contribution >= 0.6 is 8.25 Å². The summed E-state index contributed by atoms with van der Waals surface area (Å²) in [5, 5.41) is 0. The summed E-state index contributed by atoms with van der Waals surface area (Å²) in [6.07, 6.45) is 17.0. The Labute approximate surface area is 233 Å². The van der Waals surface area contributed by atoms with Gasteiger partial charge in [0.05, 0.1) is 0 Å². The van der Waals surface area contributed by atoms with Gasteiger partial charge in [-0.2, -0.15) is 0 Å². The van der Waals surface area contributed by atoms with E-state index in [4.69, 9.17) is 9.05 Å². The summed E-state index contributed by atoms with van der Waals surface area (Å²) in [4.78, 5) is 0. The van der Waals surface area contributed by atoms with Crippen molar-refractivity contribution in [3.8, 4) is 11.5 Å². The van der Waals surface area contributed by atoms with Crippen molar-refractivity contribution in [3.05, 3.63) is 59.7 Å². The molecular formula is C28H42CaO3P+. The van der Waals surface area contributed by atoms with Gasteiger partial charge >= 0.3 is 8.25 Å². The molecule has 3 nitrogen and oxygen atoms in total. The van der Waals surface area contributed by atoms with E-state index in [1.807, 2.05) is 36.4 Å². The van der Waals surface area contributed by atoms with Crippen molar-refractivity contribution >= 4 is 46.0 Å². The molecule has 2 radical (unpaired) electrons. The van der Waals surface area contributed by atoms with Crippen LogP contribution in [0.25, 0.3) is 0 Å². The molecule has 0 spiro atoms. The van der Waals surface area contributed by atoms with E-state index in [2.05, 4.69) is 26.0 Å². The number of rotatable bonds is 18. The van der Waals surface area contributed by atoms with E-state index in [9.17, 15) is 4.57 Å². The van der Waals surface area contributed by atoms with E-state index < -0.39 is 8.25 Å². The summed E-state index contributed by atoms with van der Waals surface area (Å²) in [6, 6.07) is 15.8. The van der Waals surface area contributed by atoms with Gasteiger partial charge in [0.15, 0.2) is 11.5 Å². The Morgan fingerprint density at radius 2 is 0.939 bits per heavy atom. The van der Waals surface area contributed by atoms with Crippen LogP contribution in [-0.4, -0.2) is 37.7 Å². The maximum Gasteiger partial charge on any atom is 0.805 e. The van der Waals surface area contributed by atoms with Crippen LogP contribution in [0.4, 0.5) is 0 Å². The van der Waals surface area contributed by atoms with Gasteiger partial charge in [0.2, 0.25) is 0 Å². The average Bonchev–Trinajstić information content (AvgIpc) is 2.80. The SMILES string of the molecule is CCCCCCCCc1ccccc1O[P+](=O)Oc1ccccc1CCCCCCCC.[Ca]. The summed E-state index contributed by atoms with van der Waals surface area (Å²) in [5.41, 5.74) is 2.21. The van der Waals surface area contributed by atoms with E-state index in [-0.39, 0.29) is 37.7 Å². The smallest absolute Gasteiger partial charge is 0.222 e. The molecule has 178 valence electrons. The fraction of sp³-hybridized carbons (Fsp3) is 0.571. The third-order valence-electron chi connectivity index (χ3n) is 5.89. The number of unbranched alkanes of at least 4 members (excludes halogenated alkanes) is 10. The van der Waals surface area contributed by atoms with Crippen LogP contribution in [0.5, 0.6) is 11.5 Å². The number of hydrogen-bond donors (Lipinski definition) is 0. The first kappa shape index (κ1) is 30.4. The third-order valence-corrected chi connectivity index (χ3v) is 6.58. The molecule has 2 aromatic rings. The topological polar surface area (TPSA) is 35.5 Å². The molecule has 0 fully saturated rings. The monoisotopic (exact) mass is 497 g/mol. The fourth-order valence-electron chi connectivity index (χ4n) is 3.97. The first-order valence-electron chi connectivity index (χ1n) is 12.7. The van der Waals surface area contributed by atoms with Gasteiger partial charge in [-0.3, -0.25) is 0 Å². The standard InChI is InChI=1S/C28H42O3P.Ca/c1-3-5-7-9-11-13-19-25-21-15-17-23-27(25)30-32(29)31-28-24-18-16-22-26(28)20-14-12-10-8-6-4-2;/h15-18,21-24H,3-14,19-20H2,1-2H3;/q+1;. The summed E-state index contributed by atoms with van der Waals surface area (Å²) in [7, 11) is -2.27. The Balaban J connectivity index is 0.00000544. The van der Waals surface area contributed by atoms with Crippen LogP contribution in [0.3, 0.4) is 0 Å². The Morgan fingerprint density at radius 3 is 1.36 bits per heavy atom. The zero-order valence-corrected chi connectivity index (χ0v) is 24.0. The molecule has 0 bridgehead atoms. The van der Waals surface area contributed by atoms with Gasteiger partial charge in [-0.15, -0.1) is 0 Å². The maximum absolute atomic E-state index is 12.7. The van der Waals surface area contributed by atoms with Crippen molar-refractivity contribution in [3.63, 3.8) is 0 Å². The molecule has 33 heavy (non-hydrogen) atoms. The van der Waals surface area contributed by atoms with E-state index in [1.54, 1.807) is 0 Å². The zero-order valence-electron chi connectivity index (χ0n) is 20.9. The number of aryl methyl sites for hydroxylation is 2. The molecule has 0 atom stereocenters. The van der Waals surface area contributed by atoms with Gasteiger partial charge < -0.3 is 0 Å². The number of para-hydroxylation sites is 2. The molecule has 0 aliphatic carbocycles. The summed E-state index contributed by atoms with van der Waals surface area (Å²) in [6.45, 7) is 4.48. The van der Waals surface area contributed by atoms with Crippen molar-refractivity contribution in [1.82, 2.24) is 0 Å². The largest absolute Gasteiger partial charge is 0.805 e. The van der Waals surface area contributed by atoms with Gasteiger partial charge in [-0.1, -0.05) is 114 Å². The normalized spacial score (nSPS) is 10.5. The average molecular weight is 498 g/mol. The molecule has 0 aliphatic heterocycles. The molecule has 0 heterocycles. The minimum Gasteiger partial charge on any atom is -0.222 e. The van der Waals surface area contributed by atoms with Crippen molar-refractivity contribution in [2.24, 2.45) is 0 Å². The summed E-state index contributed by atoms with van der Waals surface area (Å²) in [5.74, 6) is 1.35. The van der Waals surface area contributed by atoms with Crippen LogP contribution in [0, 0.1) is 0 Å². The van der Waals surface area contributed by atoms with Crippen LogP contribution in [0.2, 0.25) is 0 Å². The van der Waals surface area contributed by atoms with Crippen LogP contribution < -0.4 is 9.05 Å². The molecule has 0 N–H and O–H groups in total. The van der Waals surface area contributed by atoms with E-state index in [0.717, 1.165) is 36.8 Å². The van der Waals surface area contributed by atoms with Gasteiger partial charge in [-0.25, -0.2) is 9.05 Å². The first-order valence-corrected chi connectivity index (χ1v) is 13.8. The molecule has 0 saturated carbocycles. The third kappa shape index (κ3) is 13.2. The van der Waals surface area contributed by atoms with Crippen molar-refractivity contribution in [2.75, 3.05) is 0 Å². The minimum absolute atomic E-state index is 0. The molecule has 0 aromatic heterocycles. The van der Waals surface area contributed by atoms with Gasteiger partial charge in [0.25, 0.3) is 0 Å². The molecule has 2 rings (SSSR count). The van der Waals surface area contributed by atoms with Gasteiger partial charge in [0.1, 0.15) is 0 Å². The van der Waals surface area contributed by atoms with Gasteiger partial charge in [0, 0.05) is 53.4 Å². The summed E-state index contributed by atoms with van der Waals surface area (Å²) < 4.78 is 24.2. The maximum atomic E-state index is 12.7. The van der Waals surface area contributed by atoms with Crippen LogP contribution in [-0.2, 0) is 17.4 Å². The predicted octanol–water partition coefficient (Wildman–Crippen LogP) is 9.23. The van der Waals surface area contributed by atoms with E-state index in [1.165, 1.54) is 64.2 Å². The van der Waals surface area contributed by atoms with E-state index >= 15 is 0 Å². The summed E-state index contributed by atoms with van der Waals surface area (Å²) >= 11 is 0. The van der Waals surface area contributed by atoms with Crippen molar-refractivity contribution in [1.29, 1.82) is 0 Å². The quantitative estimate of drug-likeness (QED) is 0.117. The second-order valence-electron chi connectivity index (χ2n) is 8.66. The number of benzene rings is 2. The second-order valence-corrected chi connectivity index (χ2v) is 9.47. The molecular weight excluding hydrogens is 455 g/mol. The molecule has 2 aromatic carbocycles. The van der Waals surface area contributed by atoms with Crippen LogP contribution in [0.15, 0.2) is 48.5 Å². The van der Waals surface area contributed by atoms with Crippen molar-refractivity contribution in [2.45, 2.75) is 104 Å².